The lowest BCUT2D eigenvalue weighted by Gasteiger charge is -2.25. The Morgan fingerprint density at radius 1 is 0.862 bits per heavy atom. The van der Waals surface area contributed by atoms with Crippen molar-refractivity contribution >= 4 is 39.1 Å². The van der Waals surface area contributed by atoms with Crippen molar-refractivity contribution in [1.29, 1.82) is 0 Å². The smallest absolute Gasteiger partial charge is 0.300 e. The maximum atomic E-state index is 13.0. The molecule has 29 heavy (non-hydrogen) atoms. The number of phenols is 1. The number of phenolic OH excluding ortho intramolecular Hbond substituents is 1. The van der Waals surface area contributed by atoms with E-state index in [2.05, 4.69) is 15.9 Å². The fourth-order valence-corrected chi connectivity index (χ4v) is 3.69. The molecule has 144 valence electrons. The van der Waals surface area contributed by atoms with E-state index in [1.165, 1.54) is 17.0 Å². The second-order valence-electron chi connectivity index (χ2n) is 6.60. The van der Waals surface area contributed by atoms with Gasteiger partial charge in [0.2, 0.25) is 0 Å². The molecule has 1 fully saturated rings. The van der Waals surface area contributed by atoms with Crippen molar-refractivity contribution < 1.29 is 19.8 Å². The highest BCUT2D eigenvalue weighted by Crippen LogP contribution is 2.42. The number of ketones is 1. The first-order valence-corrected chi connectivity index (χ1v) is 9.67. The van der Waals surface area contributed by atoms with Crippen molar-refractivity contribution in [3.05, 3.63) is 100 Å². The summed E-state index contributed by atoms with van der Waals surface area (Å²) in [6.45, 7) is 0. The van der Waals surface area contributed by atoms with Crippen molar-refractivity contribution in [2.75, 3.05) is 4.90 Å². The monoisotopic (exact) mass is 449 g/mol. The van der Waals surface area contributed by atoms with Crippen LogP contribution in [0.5, 0.6) is 5.75 Å². The van der Waals surface area contributed by atoms with Crippen LogP contribution in [0.25, 0.3) is 5.76 Å². The normalized spacial score (nSPS) is 18.2. The average Bonchev–Trinajstić information content (AvgIpc) is 3.00. The first-order chi connectivity index (χ1) is 14.0. The molecule has 2 N–H and O–H groups in total. The van der Waals surface area contributed by atoms with E-state index in [1.807, 2.05) is 12.1 Å². The number of nitrogens with zero attached hydrogens (tertiary/aromatic N) is 1. The molecular formula is C23H16BrNO4. The second kappa shape index (κ2) is 7.56. The number of halogens is 1. The van der Waals surface area contributed by atoms with Crippen LogP contribution in [0.3, 0.4) is 0 Å². The molecule has 0 bridgehead atoms. The van der Waals surface area contributed by atoms with Gasteiger partial charge in [0.25, 0.3) is 11.7 Å². The number of amides is 1. The number of aliphatic hydroxyl groups excluding tert-OH is 1. The lowest BCUT2D eigenvalue weighted by atomic mass is 9.95. The molecule has 3 aromatic carbocycles. The summed E-state index contributed by atoms with van der Waals surface area (Å²) in [6.07, 6.45) is 0. The zero-order valence-corrected chi connectivity index (χ0v) is 16.7. The minimum Gasteiger partial charge on any atom is -0.508 e. The molecule has 0 unspecified atom stereocenters. The van der Waals surface area contributed by atoms with Crippen molar-refractivity contribution in [3.8, 4) is 5.75 Å². The summed E-state index contributed by atoms with van der Waals surface area (Å²) in [4.78, 5) is 27.2. The summed E-state index contributed by atoms with van der Waals surface area (Å²) in [6, 6.07) is 21.1. The molecule has 0 spiro atoms. The Morgan fingerprint density at radius 2 is 1.48 bits per heavy atom. The number of benzene rings is 3. The summed E-state index contributed by atoms with van der Waals surface area (Å²) in [5.74, 6) is -1.67. The van der Waals surface area contributed by atoms with E-state index in [0.717, 1.165) is 4.47 Å². The van der Waals surface area contributed by atoms with E-state index in [0.29, 0.717) is 16.8 Å². The highest BCUT2D eigenvalue weighted by molar-refractivity contribution is 9.10. The van der Waals surface area contributed by atoms with E-state index in [-0.39, 0.29) is 17.1 Å². The van der Waals surface area contributed by atoms with E-state index in [4.69, 9.17) is 0 Å². The third-order valence-electron chi connectivity index (χ3n) is 4.81. The van der Waals surface area contributed by atoms with E-state index >= 15 is 0 Å². The lowest BCUT2D eigenvalue weighted by Crippen LogP contribution is -2.29. The van der Waals surface area contributed by atoms with Gasteiger partial charge in [0.05, 0.1) is 11.6 Å². The minimum atomic E-state index is -0.798. The summed E-state index contributed by atoms with van der Waals surface area (Å²) in [5, 5.41) is 20.5. The molecule has 1 aliphatic rings. The Balaban J connectivity index is 1.94. The van der Waals surface area contributed by atoms with Gasteiger partial charge < -0.3 is 10.2 Å². The van der Waals surface area contributed by atoms with Crippen molar-refractivity contribution in [1.82, 2.24) is 0 Å². The SMILES string of the molecule is O=C1C(=O)N(c2ccc(O)cc2)[C@@H](c2ccc(Br)cc2)C1=C(O)c1ccccc1. The number of carbonyl (C=O) groups excluding carboxylic acids is 2. The Morgan fingerprint density at radius 3 is 2.10 bits per heavy atom. The number of aliphatic hydroxyl groups is 1. The molecule has 1 amide bonds. The van der Waals surface area contributed by atoms with Crippen LogP contribution >= 0.6 is 15.9 Å². The highest BCUT2D eigenvalue weighted by Gasteiger charge is 2.46. The summed E-state index contributed by atoms with van der Waals surface area (Å²) < 4.78 is 0.853. The summed E-state index contributed by atoms with van der Waals surface area (Å²) in [7, 11) is 0. The second-order valence-corrected chi connectivity index (χ2v) is 7.52. The molecule has 1 saturated heterocycles. The molecule has 1 atom stereocenters. The number of rotatable bonds is 3. The van der Waals surface area contributed by atoms with E-state index in [1.54, 1.807) is 54.6 Å². The van der Waals surface area contributed by atoms with Crippen LogP contribution in [0.2, 0.25) is 0 Å². The van der Waals surface area contributed by atoms with Crippen LogP contribution < -0.4 is 4.90 Å². The third-order valence-corrected chi connectivity index (χ3v) is 5.33. The zero-order valence-electron chi connectivity index (χ0n) is 15.1. The molecule has 0 radical (unpaired) electrons. The maximum absolute atomic E-state index is 13.0. The summed E-state index contributed by atoms with van der Waals surface area (Å²) >= 11 is 3.39. The largest absolute Gasteiger partial charge is 0.508 e. The van der Waals surface area contributed by atoms with E-state index < -0.39 is 17.7 Å². The minimum absolute atomic E-state index is 0.0246. The van der Waals surface area contributed by atoms with Crippen LogP contribution in [0, 0.1) is 0 Å². The molecule has 0 aromatic heterocycles. The number of aromatic hydroxyl groups is 1. The number of anilines is 1. The molecule has 4 rings (SSSR count). The molecule has 0 saturated carbocycles. The predicted octanol–water partition coefficient (Wildman–Crippen LogP) is 4.78. The van der Waals surface area contributed by atoms with Gasteiger partial charge in [0.15, 0.2) is 0 Å². The topological polar surface area (TPSA) is 77.8 Å². The van der Waals surface area contributed by atoms with Crippen LogP contribution in [-0.2, 0) is 9.59 Å². The highest BCUT2D eigenvalue weighted by atomic mass is 79.9. The Bertz CT molecular complexity index is 1110. The summed E-state index contributed by atoms with van der Waals surface area (Å²) in [5.41, 5.74) is 1.61. The van der Waals surface area contributed by atoms with Gasteiger partial charge in [-0.2, -0.15) is 0 Å². The molecule has 6 heteroatoms. The van der Waals surface area contributed by atoms with Gasteiger partial charge in [-0.1, -0.05) is 58.4 Å². The molecule has 1 heterocycles. The molecule has 1 aliphatic heterocycles. The number of hydrogen-bond donors (Lipinski definition) is 2. The molecular weight excluding hydrogens is 434 g/mol. The van der Waals surface area contributed by atoms with Gasteiger partial charge in [0.1, 0.15) is 11.5 Å². The number of Topliss-reactive ketones (excluding diaryl/α,β-unsaturated/α-hetero) is 1. The van der Waals surface area contributed by atoms with Gasteiger partial charge >= 0.3 is 0 Å². The fraction of sp³-hybridized carbons (Fsp3) is 0.0435. The first-order valence-electron chi connectivity index (χ1n) is 8.88. The van der Waals surface area contributed by atoms with Gasteiger partial charge in [-0.05, 0) is 42.0 Å². The van der Waals surface area contributed by atoms with Crippen molar-refractivity contribution in [3.63, 3.8) is 0 Å². The van der Waals surface area contributed by atoms with Crippen LogP contribution in [0.4, 0.5) is 5.69 Å². The Hall–Kier alpha value is -3.38. The first kappa shape index (κ1) is 19.0. The van der Waals surface area contributed by atoms with Crippen LogP contribution in [-0.4, -0.2) is 21.9 Å². The van der Waals surface area contributed by atoms with Gasteiger partial charge in [0, 0.05) is 15.7 Å². The molecule has 5 nitrogen and oxygen atoms in total. The lowest BCUT2D eigenvalue weighted by molar-refractivity contribution is -0.132. The predicted molar refractivity (Wildman–Crippen MR) is 113 cm³/mol. The third kappa shape index (κ3) is 3.43. The maximum Gasteiger partial charge on any atom is 0.300 e. The fourth-order valence-electron chi connectivity index (χ4n) is 3.42. The van der Waals surface area contributed by atoms with E-state index in [9.17, 15) is 19.8 Å². The van der Waals surface area contributed by atoms with Crippen LogP contribution in [0.1, 0.15) is 17.2 Å². The number of hydrogen-bond acceptors (Lipinski definition) is 4. The zero-order chi connectivity index (χ0) is 20.5. The van der Waals surface area contributed by atoms with Gasteiger partial charge in [-0.25, -0.2) is 0 Å². The standard InChI is InChI=1S/C23H16BrNO4/c24-16-8-6-14(7-9-16)20-19(21(27)15-4-2-1-3-5-15)22(28)23(29)25(20)17-10-12-18(26)13-11-17/h1-13,20,26-27H/t20-/m0/s1. The molecule has 0 aliphatic carbocycles. The van der Waals surface area contributed by atoms with Gasteiger partial charge in [-0.3, -0.25) is 14.5 Å². The van der Waals surface area contributed by atoms with Crippen LogP contribution in [0.15, 0.2) is 88.9 Å². The van der Waals surface area contributed by atoms with Crippen molar-refractivity contribution in [2.24, 2.45) is 0 Å². The van der Waals surface area contributed by atoms with Crippen molar-refractivity contribution in [2.45, 2.75) is 6.04 Å². The Labute approximate surface area is 175 Å². The molecule has 3 aromatic rings. The quantitative estimate of drug-likeness (QED) is 0.342. The number of carbonyl (C=O) groups is 2. The average molecular weight is 450 g/mol. The Kier molecular flexibility index (Phi) is 4.94. The van der Waals surface area contributed by atoms with Gasteiger partial charge in [-0.15, -0.1) is 0 Å².